The van der Waals surface area contributed by atoms with Crippen molar-refractivity contribution < 1.29 is 19.1 Å². The lowest BCUT2D eigenvalue weighted by Crippen LogP contribution is -2.59. The lowest BCUT2D eigenvalue weighted by atomic mass is 9.96. The molecule has 7 heteroatoms. The van der Waals surface area contributed by atoms with Crippen LogP contribution in [0.3, 0.4) is 0 Å². The molecule has 0 radical (unpaired) electrons. The number of rotatable bonds is 6. The summed E-state index contributed by atoms with van der Waals surface area (Å²) < 4.78 is 5.56. The fourth-order valence-corrected chi connectivity index (χ4v) is 4.88. The number of para-hydroxylation sites is 3. The normalized spacial score (nSPS) is 14.9. The predicted molar refractivity (Wildman–Crippen MR) is 153 cm³/mol. The molecule has 1 aromatic heterocycles. The molecule has 0 saturated heterocycles. The van der Waals surface area contributed by atoms with Gasteiger partial charge in [0.2, 0.25) is 5.91 Å². The fraction of sp³-hybridized carbons (Fsp3) is 0.250. The van der Waals surface area contributed by atoms with E-state index in [0.29, 0.717) is 39.5 Å². The molecule has 0 bridgehead atoms. The first-order valence-corrected chi connectivity index (χ1v) is 13.1. The van der Waals surface area contributed by atoms with Crippen LogP contribution in [0.25, 0.3) is 22.2 Å². The quantitative estimate of drug-likeness (QED) is 0.299. The molecule has 1 aliphatic heterocycles. The second kappa shape index (κ2) is 10.3. The minimum Gasteiger partial charge on any atom is -0.452 e. The van der Waals surface area contributed by atoms with Crippen LogP contribution >= 0.6 is 0 Å². The van der Waals surface area contributed by atoms with Gasteiger partial charge in [0.15, 0.2) is 6.61 Å². The van der Waals surface area contributed by atoms with Gasteiger partial charge in [-0.05, 0) is 56.0 Å². The molecule has 0 aliphatic carbocycles. The van der Waals surface area contributed by atoms with E-state index in [1.54, 1.807) is 44.2 Å². The summed E-state index contributed by atoms with van der Waals surface area (Å²) in [6, 6.07) is 24.3. The second-order valence-corrected chi connectivity index (χ2v) is 10.3. The van der Waals surface area contributed by atoms with Gasteiger partial charge in [-0.1, -0.05) is 68.4 Å². The molecular formula is C32H31N3O4. The van der Waals surface area contributed by atoms with Crippen molar-refractivity contribution in [3.63, 3.8) is 0 Å². The van der Waals surface area contributed by atoms with Gasteiger partial charge in [0.1, 0.15) is 5.54 Å². The topological polar surface area (TPSA) is 88.6 Å². The number of fused-ring (bicyclic) bond motifs is 2. The van der Waals surface area contributed by atoms with Crippen molar-refractivity contribution in [3.05, 3.63) is 90.0 Å². The van der Waals surface area contributed by atoms with Gasteiger partial charge in [-0.15, -0.1) is 0 Å². The van der Waals surface area contributed by atoms with Crippen molar-refractivity contribution in [2.24, 2.45) is 0 Å². The highest BCUT2D eigenvalue weighted by Crippen LogP contribution is 2.37. The van der Waals surface area contributed by atoms with Crippen LogP contribution in [-0.2, 0) is 14.3 Å². The Morgan fingerprint density at radius 1 is 1.00 bits per heavy atom. The molecular weight excluding hydrogens is 490 g/mol. The number of nitrogens with one attached hydrogen (secondary N) is 1. The number of hydrogen-bond acceptors (Lipinski definition) is 5. The Morgan fingerprint density at radius 2 is 1.69 bits per heavy atom. The Hall–Kier alpha value is -4.52. The van der Waals surface area contributed by atoms with Crippen molar-refractivity contribution in [3.8, 4) is 11.3 Å². The van der Waals surface area contributed by atoms with Crippen molar-refractivity contribution in [1.82, 2.24) is 4.98 Å². The van der Waals surface area contributed by atoms with Gasteiger partial charge in [0.25, 0.3) is 5.91 Å². The van der Waals surface area contributed by atoms with Gasteiger partial charge in [-0.2, -0.15) is 0 Å². The van der Waals surface area contributed by atoms with Gasteiger partial charge in [0, 0.05) is 10.9 Å². The zero-order chi connectivity index (χ0) is 27.7. The number of esters is 1. The number of anilines is 2. The molecule has 1 atom stereocenters. The third kappa shape index (κ3) is 4.88. The standard InChI is InChI=1S/C32H31N3O4/c1-5-20(2)21-14-16-22(17-15-21)27-18-24(23-10-6-7-11-25(23)33-27)30(37)39-19-29(36)35-28-13-9-8-12-26(28)34-31(38)32(35,3)4/h6-18,20H,5,19H2,1-4H3,(H,34,38). The Labute approximate surface area is 227 Å². The molecule has 1 aliphatic rings. The first-order valence-electron chi connectivity index (χ1n) is 13.1. The minimum absolute atomic E-state index is 0.315. The molecule has 2 amide bonds. The maximum Gasteiger partial charge on any atom is 0.339 e. The molecule has 0 fully saturated rings. The third-order valence-electron chi connectivity index (χ3n) is 7.41. The van der Waals surface area contributed by atoms with Crippen LogP contribution in [0.5, 0.6) is 0 Å². The maximum atomic E-state index is 13.4. The number of ether oxygens (including phenoxy) is 1. The highest BCUT2D eigenvalue weighted by atomic mass is 16.5. The average Bonchev–Trinajstić information content (AvgIpc) is 2.95. The summed E-state index contributed by atoms with van der Waals surface area (Å²) in [7, 11) is 0. The van der Waals surface area contributed by atoms with E-state index in [0.717, 1.165) is 12.0 Å². The number of carbonyl (C=O) groups is 3. The average molecular weight is 522 g/mol. The van der Waals surface area contributed by atoms with E-state index >= 15 is 0 Å². The zero-order valence-electron chi connectivity index (χ0n) is 22.5. The number of aromatic nitrogens is 1. The SMILES string of the molecule is CCC(C)c1ccc(-c2cc(C(=O)OCC(=O)N3c4ccccc4NC(=O)C3(C)C)c3ccccc3n2)cc1. The number of nitrogens with zero attached hydrogens (tertiary/aromatic N) is 2. The number of hydrogen-bond donors (Lipinski definition) is 1. The van der Waals surface area contributed by atoms with E-state index in [1.165, 1.54) is 10.5 Å². The van der Waals surface area contributed by atoms with E-state index in [-0.39, 0.29) is 5.91 Å². The lowest BCUT2D eigenvalue weighted by molar-refractivity contribution is -0.128. The van der Waals surface area contributed by atoms with Gasteiger partial charge in [-0.25, -0.2) is 9.78 Å². The summed E-state index contributed by atoms with van der Waals surface area (Å²) in [5.41, 5.74) is 3.69. The van der Waals surface area contributed by atoms with E-state index in [4.69, 9.17) is 9.72 Å². The molecule has 198 valence electrons. The monoisotopic (exact) mass is 521 g/mol. The van der Waals surface area contributed by atoms with Crippen LogP contribution in [0.4, 0.5) is 11.4 Å². The summed E-state index contributed by atoms with van der Waals surface area (Å²) in [5, 5.41) is 3.47. The Morgan fingerprint density at radius 3 is 2.44 bits per heavy atom. The molecule has 0 saturated carbocycles. The smallest absolute Gasteiger partial charge is 0.339 e. The van der Waals surface area contributed by atoms with Crippen molar-refractivity contribution in [1.29, 1.82) is 0 Å². The van der Waals surface area contributed by atoms with Crippen molar-refractivity contribution in [2.45, 2.75) is 45.6 Å². The molecule has 39 heavy (non-hydrogen) atoms. The summed E-state index contributed by atoms with van der Waals surface area (Å²) in [6.45, 7) is 7.15. The van der Waals surface area contributed by atoms with E-state index in [1.807, 2.05) is 36.4 Å². The molecule has 2 heterocycles. The van der Waals surface area contributed by atoms with Gasteiger partial charge in [-0.3, -0.25) is 14.5 Å². The molecule has 3 aromatic carbocycles. The Kier molecular flexibility index (Phi) is 6.91. The highest BCUT2D eigenvalue weighted by Gasteiger charge is 2.43. The van der Waals surface area contributed by atoms with Crippen LogP contribution in [-0.4, -0.2) is 34.9 Å². The van der Waals surface area contributed by atoms with Crippen molar-refractivity contribution in [2.75, 3.05) is 16.8 Å². The van der Waals surface area contributed by atoms with Crippen LogP contribution in [0, 0.1) is 0 Å². The largest absolute Gasteiger partial charge is 0.452 e. The lowest BCUT2D eigenvalue weighted by Gasteiger charge is -2.41. The molecule has 5 rings (SSSR count). The highest BCUT2D eigenvalue weighted by molar-refractivity contribution is 6.15. The number of benzene rings is 3. The minimum atomic E-state index is -1.16. The molecule has 0 spiro atoms. The van der Waals surface area contributed by atoms with Gasteiger partial charge in [0.05, 0.1) is 28.1 Å². The fourth-order valence-electron chi connectivity index (χ4n) is 4.88. The zero-order valence-corrected chi connectivity index (χ0v) is 22.5. The predicted octanol–water partition coefficient (Wildman–Crippen LogP) is 6.34. The van der Waals surface area contributed by atoms with E-state index < -0.39 is 24.0 Å². The number of pyridine rings is 1. The molecule has 1 unspecified atom stereocenters. The number of amides is 2. The second-order valence-electron chi connectivity index (χ2n) is 10.3. The van der Waals surface area contributed by atoms with E-state index in [9.17, 15) is 14.4 Å². The summed E-state index contributed by atoms with van der Waals surface area (Å²) in [5.74, 6) is -0.985. The molecule has 1 N–H and O–H groups in total. The Bertz CT molecular complexity index is 1580. The molecule has 4 aromatic rings. The third-order valence-corrected chi connectivity index (χ3v) is 7.41. The van der Waals surface area contributed by atoms with Crippen LogP contribution < -0.4 is 10.2 Å². The van der Waals surface area contributed by atoms with Crippen LogP contribution in [0.15, 0.2) is 78.9 Å². The number of carbonyl (C=O) groups excluding carboxylic acids is 3. The Balaban J connectivity index is 1.43. The maximum absolute atomic E-state index is 13.4. The van der Waals surface area contributed by atoms with Gasteiger partial charge >= 0.3 is 5.97 Å². The van der Waals surface area contributed by atoms with Crippen LogP contribution in [0.2, 0.25) is 0 Å². The summed E-state index contributed by atoms with van der Waals surface area (Å²) >= 11 is 0. The summed E-state index contributed by atoms with van der Waals surface area (Å²) in [4.78, 5) is 45.7. The van der Waals surface area contributed by atoms with Crippen LogP contribution in [0.1, 0.15) is 56.0 Å². The van der Waals surface area contributed by atoms with E-state index in [2.05, 4.69) is 31.3 Å². The van der Waals surface area contributed by atoms with Gasteiger partial charge < -0.3 is 10.1 Å². The first kappa shape index (κ1) is 26.1. The molecule has 7 nitrogen and oxygen atoms in total. The van der Waals surface area contributed by atoms with Crippen molar-refractivity contribution >= 4 is 40.1 Å². The summed E-state index contributed by atoms with van der Waals surface area (Å²) in [6.07, 6.45) is 1.05. The first-order chi connectivity index (χ1) is 18.7.